The molecule has 1 amide bonds. The fourth-order valence-corrected chi connectivity index (χ4v) is 4.43. The number of carbonyl (C=O) groups is 1. The molecule has 2 aromatic carbocycles. The van der Waals surface area contributed by atoms with Gasteiger partial charge in [0.2, 0.25) is 5.91 Å². The predicted octanol–water partition coefficient (Wildman–Crippen LogP) is 4.25. The van der Waals surface area contributed by atoms with Crippen LogP contribution in [0.2, 0.25) is 0 Å². The molecule has 4 rings (SSSR count). The summed E-state index contributed by atoms with van der Waals surface area (Å²) in [6, 6.07) is 13.8. The first-order valence-electron chi connectivity index (χ1n) is 10.6. The smallest absolute Gasteiger partial charge is 0.223 e. The van der Waals surface area contributed by atoms with Crippen molar-refractivity contribution in [3.63, 3.8) is 0 Å². The SMILES string of the molecule is COc1cccc(OC)c1CNC(=O)[C@H]1CC[C@@H](Cc2nc3ccccc3[nH]2)CC1. The number of para-hydroxylation sites is 2. The largest absolute Gasteiger partial charge is 0.496 e. The lowest BCUT2D eigenvalue weighted by molar-refractivity contribution is -0.126. The van der Waals surface area contributed by atoms with Crippen LogP contribution in [0.15, 0.2) is 42.5 Å². The number of amides is 1. The van der Waals surface area contributed by atoms with Crippen molar-refractivity contribution < 1.29 is 14.3 Å². The van der Waals surface area contributed by atoms with Gasteiger partial charge in [0.05, 0.1) is 37.4 Å². The number of rotatable bonds is 7. The van der Waals surface area contributed by atoms with Gasteiger partial charge in [-0.05, 0) is 55.9 Å². The molecule has 0 saturated heterocycles. The third-order valence-corrected chi connectivity index (χ3v) is 6.11. The zero-order valence-electron chi connectivity index (χ0n) is 17.6. The Balaban J connectivity index is 1.29. The van der Waals surface area contributed by atoms with Crippen LogP contribution < -0.4 is 14.8 Å². The number of aromatic nitrogens is 2. The van der Waals surface area contributed by atoms with Gasteiger partial charge in [0, 0.05) is 12.3 Å². The zero-order valence-corrected chi connectivity index (χ0v) is 17.6. The summed E-state index contributed by atoms with van der Waals surface area (Å²) in [4.78, 5) is 20.9. The standard InChI is InChI=1S/C24H29N3O3/c1-29-21-8-5-9-22(30-2)18(21)15-25-24(28)17-12-10-16(11-13-17)14-23-26-19-6-3-4-7-20(19)27-23/h3-9,16-17H,10-15H2,1-2H3,(H,25,28)(H,26,27)/t16-,17+. The summed E-state index contributed by atoms with van der Waals surface area (Å²) in [5, 5.41) is 3.08. The highest BCUT2D eigenvalue weighted by atomic mass is 16.5. The first-order chi connectivity index (χ1) is 14.7. The molecule has 0 spiro atoms. The topological polar surface area (TPSA) is 76.2 Å². The van der Waals surface area contributed by atoms with E-state index >= 15 is 0 Å². The monoisotopic (exact) mass is 407 g/mol. The Morgan fingerprint density at radius 1 is 1.03 bits per heavy atom. The van der Waals surface area contributed by atoms with Crippen molar-refractivity contribution in [1.29, 1.82) is 0 Å². The van der Waals surface area contributed by atoms with Crippen LogP contribution in [0.1, 0.15) is 37.1 Å². The van der Waals surface area contributed by atoms with Gasteiger partial charge < -0.3 is 19.8 Å². The average Bonchev–Trinajstić information content (AvgIpc) is 3.20. The van der Waals surface area contributed by atoms with Crippen LogP contribution in [0.4, 0.5) is 0 Å². The molecule has 0 aliphatic heterocycles. The molecule has 30 heavy (non-hydrogen) atoms. The lowest BCUT2D eigenvalue weighted by Gasteiger charge is -2.27. The van der Waals surface area contributed by atoms with E-state index in [1.54, 1.807) is 14.2 Å². The number of nitrogens with one attached hydrogen (secondary N) is 2. The number of imidazole rings is 1. The summed E-state index contributed by atoms with van der Waals surface area (Å²) in [6.07, 6.45) is 4.88. The summed E-state index contributed by atoms with van der Waals surface area (Å²) in [5.74, 6) is 3.26. The highest BCUT2D eigenvalue weighted by Gasteiger charge is 2.27. The van der Waals surface area contributed by atoms with E-state index in [1.165, 1.54) is 0 Å². The summed E-state index contributed by atoms with van der Waals surface area (Å²) in [6.45, 7) is 0.408. The van der Waals surface area contributed by atoms with Gasteiger partial charge in [0.1, 0.15) is 17.3 Å². The number of aromatic amines is 1. The minimum Gasteiger partial charge on any atom is -0.496 e. The van der Waals surface area contributed by atoms with E-state index in [4.69, 9.17) is 14.5 Å². The first-order valence-corrected chi connectivity index (χ1v) is 10.6. The van der Waals surface area contributed by atoms with Gasteiger partial charge in [-0.2, -0.15) is 0 Å². The molecule has 6 nitrogen and oxygen atoms in total. The second-order valence-corrected chi connectivity index (χ2v) is 7.98. The molecule has 0 unspecified atom stereocenters. The van der Waals surface area contributed by atoms with Crippen LogP contribution in [0.3, 0.4) is 0 Å². The average molecular weight is 408 g/mol. The molecule has 3 aromatic rings. The van der Waals surface area contributed by atoms with Crippen molar-refractivity contribution in [3.05, 3.63) is 53.9 Å². The Kier molecular flexibility index (Phi) is 6.21. The third-order valence-electron chi connectivity index (χ3n) is 6.11. The molecule has 0 bridgehead atoms. The van der Waals surface area contributed by atoms with Crippen LogP contribution >= 0.6 is 0 Å². The quantitative estimate of drug-likeness (QED) is 0.614. The van der Waals surface area contributed by atoms with Crippen molar-refractivity contribution >= 4 is 16.9 Å². The maximum atomic E-state index is 12.7. The molecule has 0 radical (unpaired) electrons. The van der Waals surface area contributed by atoms with Crippen molar-refractivity contribution in [2.24, 2.45) is 11.8 Å². The van der Waals surface area contributed by atoms with Gasteiger partial charge in [-0.25, -0.2) is 4.98 Å². The predicted molar refractivity (Wildman–Crippen MR) is 117 cm³/mol. The number of ether oxygens (including phenoxy) is 2. The number of methoxy groups -OCH3 is 2. The minimum atomic E-state index is 0.0672. The highest BCUT2D eigenvalue weighted by molar-refractivity contribution is 5.79. The minimum absolute atomic E-state index is 0.0672. The number of carbonyl (C=O) groups excluding carboxylic acids is 1. The number of fused-ring (bicyclic) bond motifs is 1. The fraction of sp³-hybridized carbons (Fsp3) is 0.417. The number of benzene rings is 2. The normalized spacial score (nSPS) is 18.9. The molecule has 1 heterocycles. The first kappa shape index (κ1) is 20.3. The molecule has 158 valence electrons. The van der Waals surface area contributed by atoms with Gasteiger partial charge in [-0.3, -0.25) is 4.79 Å². The van der Waals surface area contributed by atoms with Crippen LogP contribution in [0.5, 0.6) is 11.5 Å². The Labute approximate surface area is 177 Å². The van der Waals surface area contributed by atoms with Crippen molar-refractivity contribution in [2.75, 3.05) is 14.2 Å². The van der Waals surface area contributed by atoms with Gasteiger partial charge in [0.15, 0.2) is 0 Å². The number of nitrogens with zero attached hydrogens (tertiary/aromatic N) is 1. The number of hydrogen-bond donors (Lipinski definition) is 2. The van der Waals surface area contributed by atoms with Crippen LogP contribution in [0.25, 0.3) is 11.0 Å². The Morgan fingerprint density at radius 3 is 2.40 bits per heavy atom. The van der Waals surface area contributed by atoms with E-state index in [1.807, 2.05) is 36.4 Å². The molecule has 1 fully saturated rings. The van der Waals surface area contributed by atoms with Crippen molar-refractivity contribution in [2.45, 2.75) is 38.6 Å². The number of H-pyrrole nitrogens is 1. The van der Waals surface area contributed by atoms with E-state index in [0.29, 0.717) is 12.5 Å². The lowest BCUT2D eigenvalue weighted by atomic mass is 9.80. The summed E-state index contributed by atoms with van der Waals surface area (Å²) in [7, 11) is 3.26. The lowest BCUT2D eigenvalue weighted by Crippen LogP contribution is -2.33. The van der Waals surface area contributed by atoms with E-state index in [9.17, 15) is 4.79 Å². The van der Waals surface area contributed by atoms with Gasteiger partial charge >= 0.3 is 0 Å². The molecule has 0 atom stereocenters. The summed E-state index contributed by atoms with van der Waals surface area (Å²) in [5.41, 5.74) is 2.98. The van der Waals surface area contributed by atoms with Crippen LogP contribution in [0, 0.1) is 11.8 Å². The van der Waals surface area contributed by atoms with Gasteiger partial charge in [-0.15, -0.1) is 0 Å². The van der Waals surface area contributed by atoms with E-state index in [-0.39, 0.29) is 11.8 Å². The second-order valence-electron chi connectivity index (χ2n) is 7.98. The summed E-state index contributed by atoms with van der Waals surface area (Å²) >= 11 is 0. The van der Waals surface area contributed by atoms with Crippen LogP contribution in [-0.2, 0) is 17.8 Å². The molecule has 1 aliphatic carbocycles. The summed E-state index contributed by atoms with van der Waals surface area (Å²) < 4.78 is 10.8. The van der Waals surface area contributed by atoms with Crippen molar-refractivity contribution in [3.8, 4) is 11.5 Å². The van der Waals surface area contributed by atoms with Crippen molar-refractivity contribution in [1.82, 2.24) is 15.3 Å². The van der Waals surface area contributed by atoms with Gasteiger partial charge in [0.25, 0.3) is 0 Å². The fourth-order valence-electron chi connectivity index (χ4n) is 4.43. The molecule has 2 N–H and O–H groups in total. The number of hydrogen-bond acceptors (Lipinski definition) is 4. The molecule has 1 aromatic heterocycles. The van der Waals surface area contributed by atoms with E-state index < -0.39 is 0 Å². The Morgan fingerprint density at radius 2 is 1.73 bits per heavy atom. The zero-order chi connectivity index (χ0) is 20.9. The molecule has 1 aliphatic rings. The van der Waals surface area contributed by atoms with Crippen LogP contribution in [-0.4, -0.2) is 30.1 Å². The molecular weight excluding hydrogens is 378 g/mol. The molecular formula is C24H29N3O3. The second kappa shape index (κ2) is 9.20. The Bertz CT molecular complexity index is 951. The maximum Gasteiger partial charge on any atom is 0.223 e. The third kappa shape index (κ3) is 4.42. The maximum absolute atomic E-state index is 12.7. The Hall–Kier alpha value is -3.02. The van der Waals surface area contributed by atoms with E-state index in [0.717, 1.165) is 66.0 Å². The van der Waals surface area contributed by atoms with Gasteiger partial charge in [-0.1, -0.05) is 18.2 Å². The highest BCUT2D eigenvalue weighted by Crippen LogP contribution is 2.32. The molecule has 6 heteroatoms. The molecule has 1 saturated carbocycles. The van der Waals surface area contributed by atoms with E-state index in [2.05, 4.69) is 16.4 Å².